The van der Waals surface area contributed by atoms with E-state index in [4.69, 9.17) is 22.1 Å². The number of halogens is 1. The second-order valence-corrected chi connectivity index (χ2v) is 4.73. The van der Waals surface area contributed by atoms with Crippen LogP contribution >= 0.6 is 11.6 Å². The third kappa shape index (κ3) is 2.14. The Balaban J connectivity index is 2.25. The lowest BCUT2D eigenvalue weighted by molar-refractivity contribution is 0.416. The minimum Gasteiger partial charge on any atom is -0.496 e. The van der Waals surface area contributed by atoms with Crippen molar-refractivity contribution in [1.82, 2.24) is 9.97 Å². The summed E-state index contributed by atoms with van der Waals surface area (Å²) < 4.78 is 5.33. The third-order valence-electron chi connectivity index (χ3n) is 3.04. The monoisotopic (exact) mass is 285 g/mol. The van der Waals surface area contributed by atoms with Gasteiger partial charge in [0.15, 0.2) is 5.82 Å². The van der Waals surface area contributed by atoms with Gasteiger partial charge in [-0.25, -0.2) is 9.97 Å². The van der Waals surface area contributed by atoms with Gasteiger partial charge in [-0.1, -0.05) is 23.7 Å². The smallest absolute Gasteiger partial charge is 0.165 e. The summed E-state index contributed by atoms with van der Waals surface area (Å²) in [5.41, 5.74) is 7.56. The number of rotatable bonds is 2. The van der Waals surface area contributed by atoms with Gasteiger partial charge < -0.3 is 10.5 Å². The quantitative estimate of drug-likeness (QED) is 0.782. The number of methoxy groups -OCH3 is 1. The molecule has 1 aromatic heterocycles. The van der Waals surface area contributed by atoms with Crippen LogP contribution in [0.5, 0.6) is 5.75 Å². The van der Waals surface area contributed by atoms with Crippen molar-refractivity contribution in [2.75, 3.05) is 12.8 Å². The second kappa shape index (κ2) is 4.98. The van der Waals surface area contributed by atoms with Gasteiger partial charge in [-0.2, -0.15) is 0 Å². The van der Waals surface area contributed by atoms with Gasteiger partial charge >= 0.3 is 0 Å². The highest BCUT2D eigenvalue weighted by Gasteiger charge is 2.11. The number of hydrogen-bond donors (Lipinski definition) is 1. The van der Waals surface area contributed by atoms with Crippen molar-refractivity contribution in [3.63, 3.8) is 0 Å². The molecule has 0 spiro atoms. The van der Waals surface area contributed by atoms with E-state index in [1.807, 2.05) is 30.3 Å². The molecule has 0 aliphatic heterocycles. The summed E-state index contributed by atoms with van der Waals surface area (Å²) in [7, 11) is 1.61. The van der Waals surface area contributed by atoms with E-state index < -0.39 is 0 Å². The van der Waals surface area contributed by atoms with Crippen LogP contribution in [0.1, 0.15) is 0 Å². The van der Waals surface area contributed by atoms with Crippen LogP contribution < -0.4 is 10.5 Å². The van der Waals surface area contributed by atoms with Gasteiger partial charge in [0.1, 0.15) is 11.6 Å². The molecule has 5 heteroatoms. The average molecular weight is 286 g/mol. The van der Waals surface area contributed by atoms with Gasteiger partial charge in [-0.05, 0) is 30.3 Å². The van der Waals surface area contributed by atoms with Gasteiger partial charge in [-0.15, -0.1) is 0 Å². The lowest BCUT2D eigenvalue weighted by Crippen LogP contribution is -1.99. The first kappa shape index (κ1) is 12.7. The Hall–Kier alpha value is -2.33. The van der Waals surface area contributed by atoms with Gasteiger partial charge in [0.05, 0.1) is 18.2 Å². The molecule has 0 saturated carbocycles. The minimum absolute atomic E-state index is 0.401. The summed E-state index contributed by atoms with van der Waals surface area (Å²) >= 11 is 5.96. The van der Waals surface area contributed by atoms with Crippen LogP contribution in [0, 0.1) is 0 Å². The molecule has 0 fully saturated rings. The number of para-hydroxylation sites is 1. The summed E-state index contributed by atoms with van der Waals surface area (Å²) in [6.45, 7) is 0. The fourth-order valence-electron chi connectivity index (χ4n) is 2.07. The Bertz CT molecular complexity index is 789. The van der Waals surface area contributed by atoms with E-state index in [2.05, 4.69) is 9.97 Å². The first-order valence-electron chi connectivity index (χ1n) is 6.05. The molecule has 3 rings (SSSR count). The largest absolute Gasteiger partial charge is 0.496 e. The van der Waals surface area contributed by atoms with Gasteiger partial charge in [0, 0.05) is 10.4 Å². The first-order valence-corrected chi connectivity index (χ1v) is 6.43. The van der Waals surface area contributed by atoms with Crippen LogP contribution in [-0.2, 0) is 0 Å². The summed E-state index contributed by atoms with van der Waals surface area (Å²) in [5.74, 6) is 1.65. The van der Waals surface area contributed by atoms with Gasteiger partial charge in [-0.3, -0.25) is 0 Å². The molecule has 0 atom stereocenters. The lowest BCUT2D eigenvalue weighted by Gasteiger charge is -2.09. The zero-order chi connectivity index (χ0) is 14.1. The molecule has 1 heterocycles. The third-order valence-corrected chi connectivity index (χ3v) is 3.27. The van der Waals surface area contributed by atoms with E-state index in [0.29, 0.717) is 22.4 Å². The molecule has 20 heavy (non-hydrogen) atoms. The lowest BCUT2D eigenvalue weighted by atomic mass is 10.1. The average Bonchev–Trinajstić information content (AvgIpc) is 2.47. The molecule has 0 aliphatic carbocycles. The molecule has 0 amide bonds. The van der Waals surface area contributed by atoms with E-state index >= 15 is 0 Å². The van der Waals surface area contributed by atoms with Crippen LogP contribution in [0.4, 0.5) is 5.82 Å². The number of anilines is 1. The number of aromatic nitrogens is 2. The van der Waals surface area contributed by atoms with E-state index in [0.717, 1.165) is 16.5 Å². The van der Waals surface area contributed by atoms with E-state index in [1.165, 1.54) is 0 Å². The molecule has 100 valence electrons. The Morgan fingerprint density at radius 1 is 1.10 bits per heavy atom. The molecule has 2 aromatic carbocycles. The van der Waals surface area contributed by atoms with Crippen molar-refractivity contribution in [3.8, 4) is 17.1 Å². The Kier molecular flexibility index (Phi) is 3.16. The highest BCUT2D eigenvalue weighted by atomic mass is 35.5. The maximum atomic E-state index is 6.00. The van der Waals surface area contributed by atoms with Crippen LogP contribution in [0.2, 0.25) is 5.02 Å². The summed E-state index contributed by atoms with van der Waals surface area (Å²) in [5, 5.41) is 1.36. The van der Waals surface area contributed by atoms with Crippen molar-refractivity contribution < 1.29 is 4.74 Å². The number of nitrogens with zero attached hydrogens (tertiary/aromatic N) is 2. The Labute approximate surface area is 121 Å². The molecule has 4 nitrogen and oxygen atoms in total. The van der Waals surface area contributed by atoms with Crippen molar-refractivity contribution >= 4 is 28.3 Å². The predicted molar refractivity (Wildman–Crippen MR) is 80.9 cm³/mol. The van der Waals surface area contributed by atoms with Crippen LogP contribution in [0.25, 0.3) is 22.3 Å². The topological polar surface area (TPSA) is 61.0 Å². The zero-order valence-electron chi connectivity index (χ0n) is 10.8. The van der Waals surface area contributed by atoms with E-state index in [9.17, 15) is 0 Å². The van der Waals surface area contributed by atoms with Gasteiger partial charge in [0.25, 0.3) is 0 Å². The fourth-order valence-corrected chi connectivity index (χ4v) is 2.25. The molecule has 3 aromatic rings. The first-order chi connectivity index (χ1) is 9.69. The number of nitrogens with two attached hydrogens (primary N) is 1. The van der Waals surface area contributed by atoms with Crippen molar-refractivity contribution in [1.29, 1.82) is 0 Å². The molecule has 0 bridgehead atoms. The number of hydrogen-bond acceptors (Lipinski definition) is 4. The maximum absolute atomic E-state index is 6.00. The van der Waals surface area contributed by atoms with E-state index in [1.54, 1.807) is 19.2 Å². The highest BCUT2D eigenvalue weighted by Crippen LogP contribution is 2.30. The van der Waals surface area contributed by atoms with Crippen LogP contribution in [-0.4, -0.2) is 17.1 Å². The predicted octanol–water partition coefficient (Wildman–Crippen LogP) is 3.54. The summed E-state index contributed by atoms with van der Waals surface area (Å²) in [4.78, 5) is 8.88. The number of fused-ring (bicyclic) bond motifs is 1. The molecule has 0 radical (unpaired) electrons. The number of benzene rings is 2. The van der Waals surface area contributed by atoms with Gasteiger partial charge in [0.2, 0.25) is 0 Å². The number of nitrogen functional groups attached to an aromatic ring is 1. The SMILES string of the molecule is COc1ccccc1-c1nc(N)c2cc(Cl)ccc2n1. The maximum Gasteiger partial charge on any atom is 0.165 e. The number of ether oxygens (including phenoxy) is 1. The Morgan fingerprint density at radius 3 is 2.70 bits per heavy atom. The molecular weight excluding hydrogens is 274 g/mol. The fraction of sp³-hybridized carbons (Fsp3) is 0.0667. The Morgan fingerprint density at radius 2 is 1.90 bits per heavy atom. The van der Waals surface area contributed by atoms with Crippen LogP contribution in [0.3, 0.4) is 0 Å². The summed E-state index contributed by atoms with van der Waals surface area (Å²) in [6.07, 6.45) is 0. The molecule has 2 N–H and O–H groups in total. The van der Waals surface area contributed by atoms with Crippen molar-refractivity contribution in [3.05, 3.63) is 47.5 Å². The summed E-state index contributed by atoms with van der Waals surface area (Å²) in [6, 6.07) is 12.9. The van der Waals surface area contributed by atoms with E-state index in [-0.39, 0.29) is 0 Å². The molecule has 0 unspecified atom stereocenters. The normalized spacial score (nSPS) is 10.7. The standard InChI is InChI=1S/C15H12ClN3O/c1-20-13-5-3-2-4-10(13)15-18-12-7-6-9(16)8-11(12)14(17)19-15/h2-8H,1H3,(H2,17,18,19). The molecule has 0 saturated heterocycles. The molecule has 0 aliphatic rings. The second-order valence-electron chi connectivity index (χ2n) is 4.29. The van der Waals surface area contributed by atoms with Crippen molar-refractivity contribution in [2.45, 2.75) is 0 Å². The molecular formula is C15H12ClN3O. The zero-order valence-corrected chi connectivity index (χ0v) is 11.6. The highest BCUT2D eigenvalue weighted by molar-refractivity contribution is 6.31. The minimum atomic E-state index is 0.401. The van der Waals surface area contributed by atoms with Crippen molar-refractivity contribution in [2.24, 2.45) is 0 Å². The van der Waals surface area contributed by atoms with Crippen LogP contribution in [0.15, 0.2) is 42.5 Å².